The number of hydrogen-bond donors (Lipinski definition) is 3. The first-order valence-electron chi connectivity index (χ1n) is 9.94. The van der Waals surface area contributed by atoms with Crippen LogP contribution >= 0.6 is 0 Å². The van der Waals surface area contributed by atoms with Gasteiger partial charge in [0.25, 0.3) is 0 Å². The van der Waals surface area contributed by atoms with Crippen molar-refractivity contribution in [3.8, 4) is 5.75 Å². The molecule has 31 heavy (non-hydrogen) atoms. The lowest BCUT2D eigenvalue weighted by molar-refractivity contribution is -0.156. The minimum Gasteiger partial charge on any atom is -0.487 e. The zero-order valence-electron chi connectivity index (χ0n) is 16.8. The van der Waals surface area contributed by atoms with Crippen LogP contribution in [0.2, 0.25) is 0 Å². The molecule has 0 bridgehead atoms. The van der Waals surface area contributed by atoms with Gasteiger partial charge >= 0.3 is 12.0 Å². The minimum absolute atomic E-state index is 0.0869. The third-order valence-corrected chi connectivity index (χ3v) is 5.48. The predicted octanol–water partition coefficient (Wildman–Crippen LogP) is 3.03. The fourth-order valence-electron chi connectivity index (χ4n) is 4.06. The Morgan fingerprint density at radius 3 is 2.58 bits per heavy atom. The number of aliphatic hydroxyl groups excluding tert-OH is 1. The number of anilines is 2. The van der Waals surface area contributed by atoms with Crippen molar-refractivity contribution in [2.24, 2.45) is 0 Å². The molecule has 0 aliphatic carbocycles. The van der Waals surface area contributed by atoms with Crippen LogP contribution in [0.15, 0.2) is 42.5 Å². The van der Waals surface area contributed by atoms with Crippen molar-refractivity contribution in [1.29, 1.82) is 0 Å². The van der Waals surface area contributed by atoms with Crippen LogP contribution in [-0.2, 0) is 14.3 Å². The number of benzene rings is 2. The van der Waals surface area contributed by atoms with Gasteiger partial charge in [0.15, 0.2) is 0 Å². The summed E-state index contributed by atoms with van der Waals surface area (Å²) in [6, 6.07) is 10.3. The first-order valence-corrected chi connectivity index (χ1v) is 9.94. The number of carbonyl (C=O) groups is 2. The Morgan fingerprint density at radius 1 is 1.16 bits per heavy atom. The molecule has 2 aliphatic heterocycles. The molecular formula is C22H23FN2O6. The summed E-state index contributed by atoms with van der Waals surface area (Å²) < 4.78 is 29.6. The maximum absolute atomic E-state index is 13.0. The molecule has 0 spiro atoms. The number of ether oxygens (including phenoxy) is 3. The van der Waals surface area contributed by atoms with E-state index in [1.807, 2.05) is 6.07 Å². The van der Waals surface area contributed by atoms with Crippen LogP contribution in [0.1, 0.15) is 24.3 Å². The summed E-state index contributed by atoms with van der Waals surface area (Å²) in [5.41, 5.74) is 1.89. The van der Waals surface area contributed by atoms with E-state index in [-0.39, 0.29) is 36.8 Å². The molecular weight excluding hydrogens is 407 g/mol. The zero-order chi connectivity index (χ0) is 22.0. The number of hydrogen-bond acceptors (Lipinski definition) is 6. The van der Waals surface area contributed by atoms with E-state index in [4.69, 9.17) is 14.2 Å². The molecule has 4 atom stereocenters. The van der Waals surface area contributed by atoms with Crippen molar-refractivity contribution < 1.29 is 33.3 Å². The first kappa shape index (κ1) is 21.1. The van der Waals surface area contributed by atoms with E-state index < -0.39 is 18.2 Å². The summed E-state index contributed by atoms with van der Waals surface area (Å²) >= 11 is 0. The van der Waals surface area contributed by atoms with Crippen LogP contribution < -0.4 is 15.4 Å². The molecule has 0 saturated carbocycles. The van der Waals surface area contributed by atoms with E-state index in [0.29, 0.717) is 23.5 Å². The Bertz CT molecular complexity index is 967. The van der Waals surface area contributed by atoms with E-state index in [1.165, 1.54) is 31.4 Å². The van der Waals surface area contributed by atoms with Crippen molar-refractivity contribution >= 4 is 23.4 Å². The van der Waals surface area contributed by atoms with Crippen LogP contribution in [0, 0.1) is 5.82 Å². The van der Waals surface area contributed by atoms with Gasteiger partial charge in [-0.2, -0.15) is 0 Å². The maximum Gasteiger partial charge on any atom is 0.323 e. The summed E-state index contributed by atoms with van der Waals surface area (Å²) in [4.78, 5) is 24.0. The maximum atomic E-state index is 13.0. The van der Waals surface area contributed by atoms with E-state index in [9.17, 15) is 19.1 Å². The zero-order valence-corrected chi connectivity index (χ0v) is 16.8. The minimum atomic E-state index is -0.570. The molecule has 0 unspecified atom stereocenters. The van der Waals surface area contributed by atoms with E-state index >= 15 is 0 Å². The van der Waals surface area contributed by atoms with Crippen molar-refractivity contribution in [2.45, 2.75) is 37.1 Å². The Kier molecular flexibility index (Phi) is 6.06. The summed E-state index contributed by atoms with van der Waals surface area (Å²) in [6.45, 7) is -0.238. The number of carbonyl (C=O) groups excluding carboxylic acids is 2. The Morgan fingerprint density at radius 2 is 1.87 bits per heavy atom. The lowest BCUT2D eigenvalue weighted by Gasteiger charge is -2.36. The normalized spacial score (nSPS) is 23.8. The highest BCUT2D eigenvalue weighted by Crippen LogP contribution is 2.47. The summed E-state index contributed by atoms with van der Waals surface area (Å²) in [6.07, 6.45) is -0.743. The highest BCUT2D eigenvalue weighted by Gasteiger charge is 2.46. The van der Waals surface area contributed by atoms with Crippen LogP contribution in [0.4, 0.5) is 20.6 Å². The third-order valence-electron chi connectivity index (χ3n) is 5.48. The van der Waals surface area contributed by atoms with Gasteiger partial charge in [-0.25, -0.2) is 9.18 Å². The van der Waals surface area contributed by atoms with Gasteiger partial charge in [-0.1, -0.05) is 0 Å². The van der Waals surface area contributed by atoms with Gasteiger partial charge in [0, 0.05) is 22.9 Å². The highest BCUT2D eigenvalue weighted by atomic mass is 19.1. The Hall–Kier alpha value is -3.17. The van der Waals surface area contributed by atoms with Crippen LogP contribution in [0.3, 0.4) is 0 Å². The van der Waals surface area contributed by atoms with Crippen molar-refractivity contribution in [3.05, 3.63) is 53.8 Å². The lowest BCUT2D eigenvalue weighted by atomic mass is 9.84. The molecule has 3 N–H and O–H groups in total. The Labute approximate surface area is 178 Å². The molecule has 9 heteroatoms. The molecule has 2 aromatic carbocycles. The van der Waals surface area contributed by atoms with Gasteiger partial charge in [-0.3, -0.25) is 4.79 Å². The van der Waals surface area contributed by atoms with Crippen LogP contribution in [0.25, 0.3) is 0 Å². The smallest absolute Gasteiger partial charge is 0.323 e. The number of esters is 1. The fraction of sp³-hybridized carbons (Fsp3) is 0.364. The quantitative estimate of drug-likeness (QED) is 0.630. The topological polar surface area (TPSA) is 106 Å². The van der Waals surface area contributed by atoms with Crippen LogP contribution in [0.5, 0.6) is 5.75 Å². The number of fused-ring (bicyclic) bond motifs is 3. The number of methoxy groups -OCH3 is 1. The second kappa shape index (κ2) is 8.91. The van der Waals surface area contributed by atoms with Gasteiger partial charge in [0.2, 0.25) is 0 Å². The molecule has 164 valence electrons. The van der Waals surface area contributed by atoms with E-state index in [0.717, 1.165) is 5.56 Å². The number of nitrogens with one attached hydrogen (secondary N) is 2. The van der Waals surface area contributed by atoms with E-state index in [2.05, 4.69) is 10.6 Å². The molecule has 2 aromatic rings. The third kappa shape index (κ3) is 4.62. The average Bonchev–Trinajstić information content (AvgIpc) is 3.12. The molecule has 4 rings (SSSR count). The molecule has 8 nitrogen and oxygen atoms in total. The van der Waals surface area contributed by atoms with Gasteiger partial charge in [-0.15, -0.1) is 0 Å². The second-order valence-corrected chi connectivity index (χ2v) is 7.52. The van der Waals surface area contributed by atoms with Crippen LogP contribution in [-0.4, -0.2) is 49.1 Å². The largest absolute Gasteiger partial charge is 0.487 e. The Balaban J connectivity index is 1.48. The standard InChI is InChI=1S/C22H23FN2O6/c1-29-20(27)10-15-9-17-16-8-14(6-7-18(16)31-21(17)19(11-26)30-15)25-22(28)24-13-4-2-12(23)3-5-13/h2-8,15,17,19,21,26H,9-11H2,1H3,(H2,24,25,28)/t15-,17-,19+,21+/m1/s1. The molecule has 1 fully saturated rings. The second-order valence-electron chi connectivity index (χ2n) is 7.52. The fourth-order valence-corrected chi connectivity index (χ4v) is 4.06. The predicted molar refractivity (Wildman–Crippen MR) is 110 cm³/mol. The SMILES string of the molecule is COC(=O)C[C@H]1C[C@@H]2c3cc(NC(=O)Nc4ccc(F)cc4)ccc3O[C@@H]2[C@H](CO)O1. The molecule has 2 amide bonds. The van der Waals surface area contributed by atoms with Gasteiger partial charge in [0.05, 0.1) is 26.2 Å². The summed E-state index contributed by atoms with van der Waals surface area (Å²) in [5, 5.41) is 15.1. The van der Waals surface area contributed by atoms with Crippen molar-refractivity contribution in [3.63, 3.8) is 0 Å². The van der Waals surface area contributed by atoms with Gasteiger partial charge in [0.1, 0.15) is 23.8 Å². The van der Waals surface area contributed by atoms with Crippen molar-refractivity contribution in [1.82, 2.24) is 0 Å². The number of aliphatic hydroxyl groups is 1. The lowest BCUT2D eigenvalue weighted by Crippen LogP contribution is -2.46. The monoisotopic (exact) mass is 430 g/mol. The number of rotatable bonds is 5. The summed E-state index contributed by atoms with van der Waals surface area (Å²) in [5.74, 6) is -0.216. The van der Waals surface area contributed by atoms with E-state index in [1.54, 1.807) is 12.1 Å². The first-order chi connectivity index (χ1) is 15.0. The molecule has 2 aliphatic rings. The number of urea groups is 1. The van der Waals surface area contributed by atoms with Crippen molar-refractivity contribution in [2.75, 3.05) is 24.4 Å². The summed E-state index contributed by atoms with van der Waals surface area (Å²) in [7, 11) is 1.32. The molecule has 1 saturated heterocycles. The number of halogens is 1. The molecule has 0 radical (unpaired) electrons. The highest BCUT2D eigenvalue weighted by molar-refractivity contribution is 5.99. The van der Waals surface area contributed by atoms with Gasteiger partial charge in [-0.05, 0) is 48.9 Å². The van der Waals surface area contributed by atoms with Gasteiger partial charge < -0.3 is 30.0 Å². The average molecular weight is 430 g/mol. The molecule has 0 aromatic heterocycles. The molecule has 2 heterocycles. The number of amides is 2.